The van der Waals surface area contributed by atoms with Gasteiger partial charge in [0.15, 0.2) is 0 Å². The molecule has 34 heavy (non-hydrogen) atoms. The Morgan fingerprint density at radius 2 is 1.62 bits per heavy atom. The lowest BCUT2D eigenvalue weighted by molar-refractivity contribution is 0.0600. The lowest BCUT2D eigenvalue weighted by atomic mass is 10.1. The van der Waals surface area contributed by atoms with E-state index in [0.29, 0.717) is 50.4 Å². The van der Waals surface area contributed by atoms with E-state index in [1.807, 2.05) is 0 Å². The van der Waals surface area contributed by atoms with Gasteiger partial charge in [0, 0.05) is 22.3 Å². The van der Waals surface area contributed by atoms with Crippen LogP contribution in [-0.4, -0.2) is 29.0 Å². The number of benzene rings is 3. The maximum Gasteiger partial charge on any atom is 0.337 e. The number of hydrogen-bond acceptors (Lipinski definition) is 7. The first-order valence-corrected chi connectivity index (χ1v) is 10.2. The SMILES string of the molecule is COC(=O)c1ccc2oc3ncnc(Nc4ccc(NC(=O)c5ccc(F)cc5)cc4)c3c2c1. The highest BCUT2D eigenvalue weighted by atomic mass is 19.1. The number of carbonyl (C=O) groups is 2. The van der Waals surface area contributed by atoms with Crippen molar-refractivity contribution in [1.82, 2.24) is 9.97 Å². The third kappa shape index (κ3) is 4.02. The van der Waals surface area contributed by atoms with Gasteiger partial charge in [-0.25, -0.2) is 19.2 Å². The largest absolute Gasteiger partial charge is 0.465 e. The van der Waals surface area contributed by atoms with Crippen molar-refractivity contribution < 1.29 is 23.1 Å². The summed E-state index contributed by atoms with van der Waals surface area (Å²) in [5.74, 6) is -0.711. The first kappa shape index (κ1) is 21.1. The molecule has 2 aromatic heterocycles. The molecule has 2 N–H and O–H groups in total. The fraction of sp³-hybridized carbons (Fsp3) is 0.0400. The average Bonchev–Trinajstić information content (AvgIpc) is 3.24. The quantitative estimate of drug-likeness (QED) is 0.346. The maximum absolute atomic E-state index is 13.1. The Morgan fingerprint density at radius 1 is 0.912 bits per heavy atom. The number of aromatic nitrogens is 2. The number of anilines is 3. The minimum atomic E-state index is -0.458. The molecule has 0 unspecified atom stereocenters. The zero-order valence-electron chi connectivity index (χ0n) is 17.8. The van der Waals surface area contributed by atoms with Gasteiger partial charge in [-0.2, -0.15) is 0 Å². The molecule has 1 amide bonds. The van der Waals surface area contributed by atoms with Crippen molar-refractivity contribution in [3.8, 4) is 0 Å². The summed E-state index contributed by atoms with van der Waals surface area (Å²) < 4.78 is 23.7. The van der Waals surface area contributed by atoms with Gasteiger partial charge >= 0.3 is 5.97 Å². The number of furan rings is 1. The lowest BCUT2D eigenvalue weighted by Crippen LogP contribution is -2.11. The van der Waals surface area contributed by atoms with Crippen LogP contribution in [0.2, 0.25) is 0 Å². The van der Waals surface area contributed by atoms with Crippen LogP contribution in [0, 0.1) is 5.82 Å². The second-order valence-electron chi connectivity index (χ2n) is 7.37. The Bertz CT molecular complexity index is 1530. The summed E-state index contributed by atoms with van der Waals surface area (Å²) in [6, 6.07) is 17.3. The van der Waals surface area contributed by atoms with Crippen LogP contribution in [0.3, 0.4) is 0 Å². The molecule has 0 bridgehead atoms. The van der Waals surface area contributed by atoms with Gasteiger partial charge in [0.2, 0.25) is 5.71 Å². The highest BCUT2D eigenvalue weighted by molar-refractivity contribution is 6.11. The van der Waals surface area contributed by atoms with Crippen LogP contribution in [-0.2, 0) is 4.74 Å². The van der Waals surface area contributed by atoms with E-state index in [1.165, 1.54) is 37.7 Å². The van der Waals surface area contributed by atoms with Crippen molar-refractivity contribution in [2.75, 3.05) is 17.7 Å². The topological polar surface area (TPSA) is 106 Å². The van der Waals surface area contributed by atoms with Crippen LogP contribution in [0.1, 0.15) is 20.7 Å². The summed E-state index contributed by atoms with van der Waals surface area (Å²) in [6.07, 6.45) is 1.38. The molecule has 3 aromatic carbocycles. The molecule has 2 heterocycles. The summed E-state index contributed by atoms with van der Waals surface area (Å²) in [6.45, 7) is 0. The number of nitrogens with zero attached hydrogens (tertiary/aromatic N) is 2. The van der Waals surface area contributed by atoms with Crippen molar-refractivity contribution in [3.05, 3.63) is 90.0 Å². The Hall–Kier alpha value is -4.79. The summed E-state index contributed by atoms with van der Waals surface area (Å²) in [7, 11) is 1.32. The molecular weight excluding hydrogens is 439 g/mol. The van der Waals surface area contributed by atoms with E-state index in [0.717, 1.165) is 0 Å². The first-order valence-electron chi connectivity index (χ1n) is 10.2. The zero-order valence-corrected chi connectivity index (χ0v) is 17.8. The number of carbonyl (C=O) groups excluding carboxylic acids is 2. The number of nitrogens with one attached hydrogen (secondary N) is 2. The molecule has 0 aliphatic heterocycles. The van der Waals surface area contributed by atoms with Crippen LogP contribution in [0.15, 0.2) is 77.5 Å². The van der Waals surface area contributed by atoms with E-state index in [4.69, 9.17) is 9.15 Å². The third-order valence-electron chi connectivity index (χ3n) is 5.20. The predicted molar refractivity (Wildman–Crippen MR) is 125 cm³/mol. The minimum Gasteiger partial charge on any atom is -0.465 e. The number of ether oxygens (including phenoxy) is 1. The van der Waals surface area contributed by atoms with E-state index >= 15 is 0 Å². The Morgan fingerprint density at radius 3 is 2.35 bits per heavy atom. The number of amides is 1. The lowest BCUT2D eigenvalue weighted by Gasteiger charge is -2.09. The summed E-state index contributed by atoms with van der Waals surface area (Å²) >= 11 is 0. The van der Waals surface area contributed by atoms with Crippen molar-refractivity contribution in [3.63, 3.8) is 0 Å². The molecule has 0 aliphatic carbocycles. The second kappa shape index (κ2) is 8.62. The van der Waals surface area contributed by atoms with E-state index in [9.17, 15) is 14.0 Å². The molecule has 0 saturated heterocycles. The number of methoxy groups -OCH3 is 1. The normalized spacial score (nSPS) is 10.9. The third-order valence-corrected chi connectivity index (χ3v) is 5.20. The van der Waals surface area contributed by atoms with Gasteiger partial charge in [0.25, 0.3) is 5.91 Å². The first-order chi connectivity index (χ1) is 16.5. The molecular formula is C25H17FN4O4. The van der Waals surface area contributed by atoms with Gasteiger partial charge < -0.3 is 19.8 Å². The zero-order chi connectivity index (χ0) is 23.7. The number of fused-ring (bicyclic) bond motifs is 3. The molecule has 0 atom stereocenters. The summed E-state index contributed by atoms with van der Waals surface area (Å²) in [4.78, 5) is 32.8. The molecule has 5 rings (SSSR count). The summed E-state index contributed by atoms with van der Waals surface area (Å²) in [5.41, 5.74) is 2.95. The van der Waals surface area contributed by atoms with Gasteiger partial charge in [-0.3, -0.25) is 4.79 Å². The molecule has 168 valence electrons. The molecule has 0 saturated carbocycles. The van der Waals surface area contributed by atoms with Crippen molar-refractivity contribution in [1.29, 1.82) is 0 Å². The van der Waals surface area contributed by atoms with Gasteiger partial charge in [0.05, 0.1) is 18.1 Å². The van der Waals surface area contributed by atoms with E-state index < -0.39 is 11.8 Å². The molecule has 9 heteroatoms. The average molecular weight is 456 g/mol. The van der Waals surface area contributed by atoms with Crippen LogP contribution >= 0.6 is 0 Å². The Balaban J connectivity index is 1.41. The van der Waals surface area contributed by atoms with Crippen LogP contribution in [0.25, 0.3) is 22.1 Å². The van der Waals surface area contributed by atoms with Crippen molar-refractivity contribution in [2.24, 2.45) is 0 Å². The van der Waals surface area contributed by atoms with Gasteiger partial charge in [0.1, 0.15) is 23.5 Å². The molecule has 5 aromatic rings. The van der Waals surface area contributed by atoms with Crippen molar-refractivity contribution in [2.45, 2.75) is 0 Å². The fourth-order valence-electron chi connectivity index (χ4n) is 3.53. The highest BCUT2D eigenvalue weighted by Gasteiger charge is 2.16. The maximum atomic E-state index is 13.1. The minimum absolute atomic E-state index is 0.343. The van der Waals surface area contributed by atoms with E-state index in [-0.39, 0.29) is 5.91 Å². The molecule has 8 nitrogen and oxygen atoms in total. The van der Waals surface area contributed by atoms with E-state index in [1.54, 1.807) is 42.5 Å². The van der Waals surface area contributed by atoms with Crippen molar-refractivity contribution >= 4 is 51.1 Å². The van der Waals surface area contributed by atoms with Crippen LogP contribution < -0.4 is 10.6 Å². The van der Waals surface area contributed by atoms with E-state index in [2.05, 4.69) is 20.6 Å². The number of rotatable bonds is 5. The molecule has 0 radical (unpaired) electrons. The standard InChI is InChI=1S/C25H17FN4O4/c1-33-25(32)15-4-11-20-19(12-15)21-22(27-13-28-24(21)34-20)29-17-7-9-18(10-8-17)30-23(31)14-2-5-16(26)6-3-14/h2-13H,1H3,(H,30,31)(H,27,28,29). The number of halogens is 1. The van der Waals surface area contributed by atoms with Gasteiger partial charge in [-0.1, -0.05) is 0 Å². The molecule has 0 fully saturated rings. The van der Waals surface area contributed by atoms with Crippen LogP contribution in [0.4, 0.5) is 21.6 Å². The van der Waals surface area contributed by atoms with Crippen LogP contribution in [0.5, 0.6) is 0 Å². The fourth-order valence-corrected chi connectivity index (χ4v) is 3.53. The summed E-state index contributed by atoms with van der Waals surface area (Å²) in [5, 5.41) is 7.28. The number of hydrogen-bond donors (Lipinski definition) is 2. The number of esters is 1. The smallest absolute Gasteiger partial charge is 0.337 e. The van der Waals surface area contributed by atoms with Gasteiger partial charge in [-0.15, -0.1) is 0 Å². The predicted octanol–water partition coefficient (Wildman–Crippen LogP) is 5.30. The second-order valence-corrected chi connectivity index (χ2v) is 7.37. The highest BCUT2D eigenvalue weighted by Crippen LogP contribution is 2.33. The molecule has 0 aliphatic rings. The monoisotopic (exact) mass is 456 g/mol. The Labute approximate surface area is 192 Å². The Kier molecular flexibility index (Phi) is 5.35. The molecule has 0 spiro atoms. The van der Waals surface area contributed by atoms with Gasteiger partial charge in [-0.05, 0) is 66.7 Å².